The summed E-state index contributed by atoms with van der Waals surface area (Å²) in [5.74, 6) is 1.12. The van der Waals surface area contributed by atoms with Crippen LogP contribution in [0.15, 0.2) is 55.0 Å². The molecule has 4 heteroatoms. The van der Waals surface area contributed by atoms with Crippen LogP contribution >= 0.6 is 0 Å². The maximum absolute atomic E-state index is 4.63. The van der Waals surface area contributed by atoms with Gasteiger partial charge in [0.25, 0.3) is 0 Å². The van der Waals surface area contributed by atoms with E-state index < -0.39 is 0 Å². The minimum Gasteiger partial charge on any atom is -0.361 e. The molecule has 0 saturated heterocycles. The second-order valence-corrected chi connectivity index (χ2v) is 5.71. The normalized spacial score (nSPS) is 14.0. The third kappa shape index (κ3) is 2.26. The third-order valence-corrected chi connectivity index (χ3v) is 4.22. The van der Waals surface area contributed by atoms with Gasteiger partial charge in [0.15, 0.2) is 0 Å². The molecule has 1 aromatic carbocycles. The molecule has 1 aliphatic rings. The van der Waals surface area contributed by atoms with Crippen LogP contribution in [0, 0.1) is 6.92 Å². The number of anilines is 1. The molecule has 3 aromatic rings. The Hall–Kier alpha value is -2.62. The van der Waals surface area contributed by atoms with Gasteiger partial charge >= 0.3 is 0 Å². The summed E-state index contributed by atoms with van der Waals surface area (Å²) in [7, 11) is 0. The van der Waals surface area contributed by atoms with Crippen molar-refractivity contribution in [1.29, 1.82) is 0 Å². The summed E-state index contributed by atoms with van der Waals surface area (Å²) >= 11 is 0. The molecule has 3 heterocycles. The van der Waals surface area contributed by atoms with Crippen molar-refractivity contribution in [2.24, 2.45) is 0 Å². The Morgan fingerprint density at radius 2 is 1.86 bits per heavy atom. The van der Waals surface area contributed by atoms with Crippen LogP contribution in [0.2, 0.25) is 0 Å². The summed E-state index contributed by atoms with van der Waals surface area (Å²) in [5, 5.41) is 0. The van der Waals surface area contributed by atoms with Crippen LogP contribution in [0.1, 0.15) is 11.4 Å². The molecular formula is C18H18N4. The molecule has 4 rings (SSSR count). The number of imidazole rings is 1. The SMILES string of the molecule is Cc1ccc(-c2cnc3n2CCN(c2cccnc2)C3)cc1. The van der Waals surface area contributed by atoms with Crippen LogP contribution in [-0.2, 0) is 13.1 Å². The summed E-state index contributed by atoms with van der Waals surface area (Å²) in [6, 6.07) is 12.7. The van der Waals surface area contributed by atoms with Crippen LogP contribution in [0.25, 0.3) is 11.3 Å². The van der Waals surface area contributed by atoms with Crippen molar-refractivity contribution in [3.63, 3.8) is 0 Å². The summed E-state index contributed by atoms with van der Waals surface area (Å²) in [5.41, 5.74) is 4.89. The number of rotatable bonds is 2. The van der Waals surface area contributed by atoms with Crippen LogP contribution in [0.3, 0.4) is 0 Å². The molecule has 0 amide bonds. The van der Waals surface area contributed by atoms with E-state index in [1.807, 2.05) is 24.7 Å². The van der Waals surface area contributed by atoms with Crippen molar-refractivity contribution < 1.29 is 0 Å². The standard InChI is InChI=1S/C18H18N4/c1-14-4-6-15(7-5-14)17-12-20-18-13-21(9-10-22(17)18)16-3-2-8-19-11-16/h2-8,11-12H,9-10,13H2,1H3. The molecule has 0 bridgehead atoms. The van der Waals surface area contributed by atoms with Crippen molar-refractivity contribution >= 4 is 5.69 Å². The van der Waals surface area contributed by atoms with Gasteiger partial charge in [-0.15, -0.1) is 0 Å². The molecule has 22 heavy (non-hydrogen) atoms. The zero-order chi connectivity index (χ0) is 14.9. The van der Waals surface area contributed by atoms with E-state index in [1.54, 1.807) is 0 Å². The molecule has 0 spiro atoms. The van der Waals surface area contributed by atoms with Crippen molar-refractivity contribution in [3.05, 3.63) is 66.4 Å². The number of pyridine rings is 1. The summed E-state index contributed by atoms with van der Waals surface area (Å²) in [6.45, 7) is 4.88. The first-order chi connectivity index (χ1) is 10.8. The molecule has 0 unspecified atom stereocenters. The van der Waals surface area contributed by atoms with Crippen molar-refractivity contribution in [2.45, 2.75) is 20.0 Å². The van der Waals surface area contributed by atoms with Crippen LogP contribution in [0.4, 0.5) is 5.69 Å². The number of nitrogens with zero attached hydrogens (tertiary/aromatic N) is 4. The molecule has 0 aliphatic carbocycles. The topological polar surface area (TPSA) is 34.0 Å². The lowest BCUT2D eigenvalue weighted by molar-refractivity contribution is 0.563. The molecule has 4 nitrogen and oxygen atoms in total. The van der Waals surface area contributed by atoms with Crippen LogP contribution < -0.4 is 4.90 Å². The average molecular weight is 290 g/mol. The molecule has 1 aliphatic heterocycles. The van der Waals surface area contributed by atoms with Gasteiger partial charge in [0.1, 0.15) is 5.82 Å². The number of benzene rings is 1. The summed E-state index contributed by atoms with van der Waals surface area (Å²) < 4.78 is 2.33. The molecule has 0 atom stereocenters. The number of hydrogen-bond acceptors (Lipinski definition) is 3. The number of fused-ring (bicyclic) bond motifs is 1. The molecule has 0 N–H and O–H groups in total. The smallest absolute Gasteiger partial charge is 0.128 e. The number of hydrogen-bond donors (Lipinski definition) is 0. The molecular weight excluding hydrogens is 272 g/mol. The minimum absolute atomic E-state index is 0.831. The van der Waals surface area contributed by atoms with Gasteiger partial charge in [-0.25, -0.2) is 4.98 Å². The lowest BCUT2D eigenvalue weighted by atomic mass is 10.1. The Balaban J connectivity index is 1.64. The molecule has 110 valence electrons. The highest BCUT2D eigenvalue weighted by atomic mass is 15.2. The van der Waals surface area contributed by atoms with E-state index in [2.05, 4.69) is 56.7 Å². The van der Waals surface area contributed by atoms with Crippen molar-refractivity contribution in [2.75, 3.05) is 11.4 Å². The molecule has 2 aromatic heterocycles. The number of aryl methyl sites for hydroxylation is 1. The van der Waals surface area contributed by atoms with Gasteiger partial charge in [0, 0.05) is 19.3 Å². The van der Waals surface area contributed by atoms with E-state index >= 15 is 0 Å². The maximum atomic E-state index is 4.63. The van der Waals surface area contributed by atoms with Crippen LogP contribution in [-0.4, -0.2) is 21.1 Å². The highest BCUT2D eigenvalue weighted by Gasteiger charge is 2.20. The monoisotopic (exact) mass is 290 g/mol. The predicted octanol–water partition coefficient (Wildman–Crippen LogP) is 3.27. The van der Waals surface area contributed by atoms with Gasteiger partial charge in [0.2, 0.25) is 0 Å². The van der Waals surface area contributed by atoms with E-state index in [-0.39, 0.29) is 0 Å². The zero-order valence-corrected chi connectivity index (χ0v) is 12.6. The largest absolute Gasteiger partial charge is 0.361 e. The second kappa shape index (κ2) is 5.30. The Labute approximate surface area is 130 Å². The van der Waals surface area contributed by atoms with E-state index in [4.69, 9.17) is 0 Å². The Kier molecular flexibility index (Phi) is 3.15. The lowest BCUT2D eigenvalue weighted by Gasteiger charge is -2.30. The minimum atomic E-state index is 0.831. The van der Waals surface area contributed by atoms with Gasteiger partial charge in [0.05, 0.1) is 30.3 Å². The Morgan fingerprint density at radius 3 is 2.64 bits per heavy atom. The van der Waals surface area contributed by atoms with E-state index in [1.165, 1.54) is 16.8 Å². The Morgan fingerprint density at radius 1 is 1.00 bits per heavy atom. The summed E-state index contributed by atoms with van der Waals surface area (Å²) in [6.07, 6.45) is 5.72. The van der Waals surface area contributed by atoms with Gasteiger partial charge in [-0.3, -0.25) is 4.98 Å². The number of aromatic nitrogens is 3. The third-order valence-electron chi connectivity index (χ3n) is 4.22. The Bertz CT molecular complexity index is 775. The fraction of sp³-hybridized carbons (Fsp3) is 0.222. The van der Waals surface area contributed by atoms with Gasteiger partial charge in [-0.2, -0.15) is 0 Å². The first-order valence-corrected chi connectivity index (χ1v) is 7.58. The second-order valence-electron chi connectivity index (χ2n) is 5.71. The lowest BCUT2D eigenvalue weighted by Crippen LogP contribution is -2.34. The van der Waals surface area contributed by atoms with Crippen molar-refractivity contribution in [3.8, 4) is 11.3 Å². The predicted molar refractivity (Wildman–Crippen MR) is 87.7 cm³/mol. The average Bonchev–Trinajstić information content (AvgIpc) is 2.99. The summed E-state index contributed by atoms with van der Waals surface area (Å²) in [4.78, 5) is 11.2. The first-order valence-electron chi connectivity index (χ1n) is 7.58. The quantitative estimate of drug-likeness (QED) is 0.726. The fourth-order valence-electron chi connectivity index (χ4n) is 2.98. The van der Waals surface area contributed by atoms with Crippen LogP contribution in [0.5, 0.6) is 0 Å². The van der Waals surface area contributed by atoms with E-state index in [0.29, 0.717) is 0 Å². The van der Waals surface area contributed by atoms with Crippen molar-refractivity contribution in [1.82, 2.24) is 14.5 Å². The molecule has 0 fully saturated rings. The highest BCUT2D eigenvalue weighted by Crippen LogP contribution is 2.26. The first kappa shape index (κ1) is 13.1. The van der Waals surface area contributed by atoms with Gasteiger partial charge in [-0.05, 0) is 24.6 Å². The molecule has 0 radical (unpaired) electrons. The zero-order valence-electron chi connectivity index (χ0n) is 12.6. The maximum Gasteiger partial charge on any atom is 0.128 e. The van der Waals surface area contributed by atoms with Gasteiger partial charge < -0.3 is 9.47 Å². The highest BCUT2D eigenvalue weighted by molar-refractivity contribution is 5.60. The van der Waals surface area contributed by atoms with E-state index in [9.17, 15) is 0 Å². The fourth-order valence-corrected chi connectivity index (χ4v) is 2.98. The van der Waals surface area contributed by atoms with Gasteiger partial charge in [-0.1, -0.05) is 29.8 Å². The van der Waals surface area contributed by atoms with E-state index in [0.717, 1.165) is 31.1 Å². The molecule has 0 saturated carbocycles.